The molecule has 2 aromatic rings. The number of hydrogen-bond acceptors (Lipinski definition) is 6. The third kappa shape index (κ3) is 6.06. The summed E-state index contributed by atoms with van der Waals surface area (Å²) in [4.78, 5) is 16.8. The van der Waals surface area contributed by atoms with Gasteiger partial charge in [0.2, 0.25) is 6.41 Å². The number of carbonyl (C=O) groups excluding carboxylic acids is 1. The number of likely N-dealkylation sites (N-methyl/N-ethyl adjacent to an activating group) is 1. The number of aldehydes is 1. The molecule has 0 aromatic heterocycles. The molecule has 1 atom stereocenters. The highest BCUT2D eigenvalue weighted by atomic mass is 16.6. The van der Waals surface area contributed by atoms with E-state index in [1.807, 2.05) is 32.9 Å². The number of anilines is 2. The maximum atomic E-state index is 12.0. The highest BCUT2D eigenvalue weighted by Gasteiger charge is 2.19. The van der Waals surface area contributed by atoms with Crippen LogP contribution in [0.15, 0.2) is 36.4 Å². The van der Waals surface area contributed by atoms with Gasteiger partial charge < -0.3 is 25.0 Å². The summed E-state index contributed by atoms with van der Waals surface area (Å²) >= 11 is 0. The molecule has 1 saturated heterocycles. The van der Waals surface area contributed by atoms with Gasteiger partial charge in [-0.25, -0.2) is 0 Å². The highest BCUT2D eigenvalue weighted by Crippen LogP contribution is 2.33. The minimum atomic E-state index is -1.21. The molecule has 0 amide bonds. The molecule has 1 aliphatic heterocycles. The van der Waals surface area contributed by atoms with Gasteiger partial charge in [-0.3, -0.25) is 4.79 Å². The van der Waals surface area contributed by atoms with Crippen molar-refractivity contribution in [3.05, 3.63) is 47.5 Å². The van der Waals surface area contributed by atoms with Crippen molar-refractivity contribution in [2.45, 2.75) is 46.1 Å². The highest BCUT2D eigenvalue weighted by molar-refractivity contribution is 5.95. The summed E-state index contributed by atoms with van der Waals surface area (Å²) in [7, 11) is 2.17. The van der Waals surface area contributed by atoms with Crippen LogP contribution in [0.1, 0.15) is 43.1 Å². The van der Waals surface area contributed by atoms with Crippen LogP contribution in [-0.2, 0) is 4.74 Å². The maximum Gasteiger partial charge on any atom is 0.235 e. The van der Waals surface area contributed by atoms with Crippen LogP contribution in [0, 0.1) is 6.92 Å². The number of hydrogen-bond donors (Lipinski definition) is 2. The first-order chi connectivity index (χ1) is 14.7. The van der Waals surface area contributed by atoms with Crippen molar-refractivity contribution in [2.75, 3.05) is 43.4 Å². The minimum Gasteiger partial charge on any atom is -0.370 e. The van der Waals surface area contributed by atoms with Crippen LogP contribution in [0.4, 0.5) is 11.4 Å². The summed E-state index contributed by atoms with van der Waals surface area (Å²) in [6.07, 6.45) is 0.775. The van der Waals surface area contributed by atoms with Gasteiger partial charge in [0.1, 0.15) is 0 Å². The Hall–Kier alpha value is -2.41. The average Bonchev–Trinajstić information content (AvgIpc) is 2.91. The Balaban J connectivity index is 1.87. The minimum absolute atomic E-state index is 0.506. The van der Waals surface area contributed by atoms with E-state index in [1.54, 1.807) is 6.07 Å². The summed E-state index contributed by atoms with van der Waals surface area (Å²) < 4.78 is 5.53. The Bertz CT molecular complexity index is 907. The van der Waals surface area contributed by atoms with Crippen molar-refractivity contribution in [2.24, 2.45) is 0 Å². The molecule has 6 heteroatoms. The second-order valence-corrected chi connectivity index (χ2v) is 9.25. The van der Waals surface area contributed by atoms with E-state index in [2.05, 4.69) is 47.3 Å². The maximum absolute atomic E-state index is 12.0. The first-order valence-corrected chi connectivity index (χ1v) is 10.9. The van der Waals surface area contributed by atoms with Crippen molar-refractivity contribution in [1.29, 1.82) is 0 Å². The molecule has 0 saturated carbocycles. The number of nitrogens with zero attached hydrogens (tertiary/aromatic N) is 2. The molecule has 0 bridgehead atoms. The van der Waals surface area contributed by atoms with E-state index >= 15 is 0 Å². The van der Waals surface area contributed by atoms with Gasteiger partial charge in [0.05, 0.1) is 5.60 Å². The van der Waals surface area contributed by atoms with Crippen molar-refractivity contribution in [3.63, 3.8) is 0 Å². The first-order valence-electron chi connectivity index (χ1n) is 10.9. The molecule has 1 aliphatic rings. The molecule has 2 aromatic carbocycles. The van der Waals surface area contributed by atoms with Crippen LogP contribution in [0.2, 0.25) is 0 Å². The lowest BCUT2D eigenvalue weighted by atomic mass is 9.94. The Labute approximate surface area is 185 Å². The molecule has 3 rings (SSSR count). The fraction of sp³-hybridized carbons (Fsp3) is 0.480. The lowest BCUT2D eigenvalue weighted by Crippen LogP contribution is -2.32. The van der Waals surface area contributed by atoms with Gasteiger partial charge >= 0.3 is 0 Å². The van der Waals surface area contributed by atoms with E-state index in [0.29, 0.717) is 11.3 Å². The van der Waals surface area contributed by atoms with Crippen LogP contribution in [-0.4, -0.2) is 61.5 Å². The molecule has 0 spiro atoms. The molecular weight excluding hydrogens is 390 g/mol. The fourth-order valence-corrected chi connectivity index (χ4v) is 4.00. The molecule has 1 fully saturated rings. The number of benzene rings is 2. The van der Waals surface area contributed by atoms with Gasteiger partial charge in [0.15, 0.2) is 6.29 Å². The number of rotatable bonds is 6. The van der Waals surface area contributed by atoms with Gasteiger partial charge in [-0.2, -0.15) is 0 Å². The number of aryl methyl sites for hydroxylation is 1. The molecule has 6 nitrogen and oxygen atoms in total. The summed E-state index contributed by atoms with van der Waals surface area (Å²) in [5.74, 6) is 0. The van der Waals surface area contributed by atoms with E-state index < -0.39 is 12.0 Å². The van der Waals surface area contributed by atoms with Crippen LogP contribution >= 0.6 is 0 Å². The summed E-state index contributed by atoms with van der Waals surface area (Å²) in [5.41, 5.74) is 4.71. The zero-order valence-electron chi connectivity index (χ0n) is 19.3. The van der Waals surface area contributed by atoms with E-state index in [9.17, 15) is 9.90 Å². The lowest BCUT2D eigenvalue weighted by Gasteiger charge is -2.26. The average molecular weight is 426 g/mol. The SMILES string of the molecule is Cc1cc(N2CCCN(C)CC2)ccc1-c1cccc(NC(O)OC(C)(C)C)c1C=O. The smallest absolute Gasteiger partial charge is 0.235 e. The third-order valence-electron chi connectivity index (χ3n) is 5.55. The van der Waals surface area contributed by atoms with Gasteiger partial charge in [0, 0.05) is 36.6 Å². The van der Waals surface area contributed by atoms with Crippen molar-refractivity contribution < 1.29 is 14.6 Å². The molecular formula is C25H35N3O3. The Kier molecular flexibility index (Phi) is 7.36. The van der Waals surface area contributed by atoms with Crippen molar-refractivity contribution >= 4 is 17.7 Å². The first kappa shape index (κ1) is 23.3. The van der Waals surface area contributed by atoms with Crippen LogP contribution < -0.4 is 10.2 Å². The topological polar surface area (TPSA) is 65.0 Å². The van der Waals surface area contributed by atoms with E-state index in [4.69, 9.17) is 4.74 Å². The van der Waals surface area contributed by atoms with Gasteiger partial charge in [0.25, 0.3) is 0 Å². The lowest BCUT2D eigenvalue weighted by molar-refractivity contribution is -0.148. The molecule has 2 N–H and O–H groups in total. The van der Waals surface area contributed by atoms with E-state index in [1.165, 1.54) is 5.69 Å². The van der Waals surface area contributed by atoms with E-state index in [-0.39, 0.29) is 0 Å². The summed E-state index contributed by atoms with van der Waals surface area (Å²) in [6, 6.07) is 12.0. The number of aliphatic hydroxyl groups is 1. The van der Waals surface area contributed by atoms with Gasteiger partial charge in [-0.1, -0.05) is 18.2 Å². The van der Waals surface area contributed by atoms with Crippen molar-refractivity contribution in [3.8, 4) is 11.1 Å². The van der Waals surface area contributed by atoms with Crippen LogP contribution in [0.5, 0.6) is 0 Å². The second-order valence-electron chi connectivity index (χ2n) is 9.25. The normalized spacial score (nSPS) is 16.6. The number of aliphatic hydroxyl groups excluding tert-OH is 1. The zero-order chi connectivity index (χ0) is 22.6. The Morgan fingerprint density at radius 3 is 2.55 bits per heavy atom. The standard InChI is InChI=1S/C25H35N3O3/c1-18-16-19(28-13-7-12-27(5)14-15-28)10-11-20(18)21-8-6-9-23(22(21)17-29)26-24(30)31-25(2,3)4/h6,8-11,16-17,24,26,30H,7,12-15H2,1-5H3. The molecule has 168 valence electrons. The Morgan fingerprint density at radius 2 is 1.87 bits per heavy atom. The Morgan fingerprint density at radius 1 is 1.10 bits per heavy atom. The van der Waals surface area contributed by atoms with Crippen LogP contribution in [0.25, 0.3) is 11.1 Å². The van der Waals surface area contributed by atoms with Crippen molar-refractivity contribution in [1.82, 2.24) is 4.90 Å². The van der Waals surface area contributed by atoms with Gasteiger partial charge in [-0.05, 0) is 82.6 Å². The van der Waals surface area contributed by atoms with Crippen LogP contribution in [0.3, 0.4) is 0 Å². The summed E-state index contributed by atoms with van der Waals surface area (Å²) in [5, 5.41) is 13.1. The predicted octanol–water partition coefficient (Wildman–Crippen LogP) is 4.12. The molecule has 0 radical (unpaired) electrons. The molecule has 31 heavy (non-hydrogen) atoms. The summed E-state index contributed by atoms with van der Waals surface area (Å²) in [6.45, 7) is 11.9. The number of carbonyl (C=O) groups is 1. The largest absolute Gasteiger partial charge is 0.370 e. The zero-order valence-corrected chi connectivity index (χ0v) is 19.3. The predicted molar refractivity (Wildman–Crippen MR) is 127 cm³/mol. The molecule has 1 heterocycles. The number of ether oxygens (including phenoxy) is 1. The quantitative estimate of drug-likeness (QED) is 0.536. The fourth-order valence-electron chi connectivity index (χ4n) is 4.00. The molecule has 1 unspecified atom stereocenters. The monoisotopic (exact) mass is 425 g/mol. The van der Waals surface area contributed by atoms with Gasteiger partial charge in [-0.15, -0.1) is 0 Å². The number of nitrogens with one attached hydrogen (secondary N) is 1. The second kappa shape index (κ2) is 9.81. The molecule has 0 aliphatic carbocycles. The third-order valence-corrected chi connectivity index (χ3v) is 5.55. The van der Waals surface area contributed by atoms with E-state index in [0.717, 1.165) is 55.6 Å².